The molecule has 1 aliphatic rings. The normalized spacial score (nSPS) is 12.7. The zero-order valence-corrected chi connectivity index (χ0v) is 33.0. The van der Waals surface area contributed by atoms with Gasteiger partial charge in [0.2, 0.25) is 0 Å². The Hall–Kier alpha value is -7.42. The fourth-order valence-electron chi connectivity index (χ4n) is 9.13. The predicted molar refractivity (Wildman–Crippen MR) is 247 cm³/mol. The molecule has 59 heavy (non-hydrogen) atoms. The molecule has 0 saturated heterocycles. The van der Waals surface area contributed by atoms with Gasteiger partial charge in [-0.25, -0.2) is 9.97 Å². The molecule has 0 N–H and O–H groups in total. The topological polar surface area (TPSA) is 25.8 Å². The van der Waals surface area contributed by atoms with Crippen molar-refractivity contribution in [1.29, 1.82) is 0 Å². The first-order chi connectivity index (χ1) is 29.0. The molecule has 2 heteroatoms. The van der Waals surface area contributed by atoms with Gasteiger partial charge in [-0.3, -0.25) is 0 Å². The van der Waals surface area contributed by atoms with Gasteiger partial charge in [0, 0.05) is 22.1 Å². The minimum Gasteiger partial charge on any atom is -0.228 e. The third-order valence-corrected chi connectivity index (χ3v) is 12.3. The average Bonchev–Trinajstić information content (AvgIpc) is 3.52. The van der Waals surface area contributed by atoms with E-state index in [0.29, 0.717) is 5.82 Å². The van der Waals surface area contributed by atoms with Crippen LogP contribution in [0.4, 0.5) is 0 Å². The summed E-state index contributed by atoms with van der Waals surface area (Å²) in [5.74, 6) is 0.700. The maximum absolute atomic E-state index is 5.32. The number of nitrogens with zero attached hydrogens (tertiary/aromatic N) is 2. The minimum atomic E-state index is -0.118. The second-order valence-electron chi connectivity index (χ2n) is 16.2. The van der Waals surface area contributed by atoms with Crippen molar-refractivity contribution in [3.05, 3.63) is 217 Å². The molecule has 10 aromatic rings. The summed E-state index contributed by atoms with van der Waals surface area (Å²) in [6.07, 6.45) is 0. The molecule has 0 saturated carbocycles. The molecule has 11 rings (SSSR count). The van der Waals surface area contributed by atoms with E-state index in [1.54, 1.807) is 0 Å². The van der Waals surface area contributed by atoms with Crippen LogP contribution in [0, 0.1) is 0 Å². The van der Waals surface area contributed by atoms with Crippen LogP contribution >= 0.6 is 0 Å². The van der Waals surface area contributed by atoms with E-state index < -0.39 is 0 Å². The lowest BCUT2D eigenvalue weighted by molar-refractivity contribution is 0.661. The molecule has 0 amide bonds. The molecule has 2 nitrogen and oxygen atoms in total. The summed E-state index contributed by atoms with van der Waals surface area (Å²) in [4.78, 5) is 10.5. The summed E-state index contributed by atoms with van der Waals surface area (Å²) in [6, 6.07) is 74.3. The number of fused-ring (bicyclic) bond motifs is 5. The first-order valence-electron chi connectivity index (χ1n) is 20.4. The lowest BCUT2D eigenvalue weighted by Gasteiger charge is -2.22. The summed E-state index contributed by atoms with van der Waals surface area (Å²) in [7, 11) is 0. The fourth-order valence-corrected chi connectivity index (χ4v) is 9.13. The van der Waals surface area contributed by atoms with Gasteiger partial charge in [0.15, 0.2) is 5.82 Å². The van der Waals surface area contributed by atoms with Crippen LogP contribution in [0.25, 0.3) is 100.0 Å². The molecule has 9 aromatic carbocycles. The van der Waals surface area contributed by atoms with Crippen LogP contribution in [0.3, 0.4) is 0 Å². The Kier molecular flexibility index (Phi) is 8.20. The van der Waals surface area contributed by atoms with Crippen LogP contribution in [-0.4, -0.2) is 9.97 Å². The van der Waals surface area contributed by atoms with Gasteiger partial charge >= 0.3 is 0 Å². The number of hydrogen-bond donors (Lipinski definition) is 0. The van der Waals surface area contributed by atoms with Crippen LogP contribution in [0.5, 0.6) is 0 Å². The Balaban J connectivity index is 1.03. The molecular formula is C57H40N2. The lowest BCUT2D eigenvalue weighted by Crippen LogP contribution is -2.15. The Morgan fingerprint density at radius 2 is 0.763 bits per heavy atom. The second kappa shape index (κ2) is 13.9. The molecule has 0 spiro atoms. The van der Waals surface area contributed by atoms with E-state index in [0.717, 1.165) is 39.0 Å². The van der Waals surface area contributed by atoms with Gasteiger partial charge in [-0.1, -0.05) is 196 Å². The average molecular weight is 753 g/mol. The van der Waals surface area contributed by atoms with E-state index >= 15 is 0 Å². The molecule has 1 aromatic heterocycles. The van der Waals surface area contributed by atoms with Crippen molar-refractivity contribution >= 4 is 21.5 Å². The maximum atomic E-state index is 5.32. The van der Waals surface area contributed by atoms with E-state index in [1.807, 2.05) is 6.07 Å². The number of rotatable bonds is 6. The van der Waals surface area contributed by atoms with E-state index in [2.05, 4.69) is 214 Å². The van der Waals surface area contributed by atoms with E-state index in [4.69, 9.17) is 9.97 Å². The van der Waals surface area contributed by atoms with Crippen molar-refractivity contribution in [3.63, 3.8) is 0 Å². The smallest absolute Gasteiger partial charge is 0.160 e. The summed E-state index contributed by atoms with van der Waals surface area (Å²) in [5.41, 5.74) is 17.4. The molecule has 0 fully saturated rings. The highest BCUT2D eigenvalue weighted by Gasteiger charge is 2.36. The zero-order valence-electron chi connectivity index (χ0n) is 33.0. The highest BCUT2D eigenvalue weighted by atomic mass is 14.9. The van der Waals surface area contributed by atoms with Crippen LogP contribution in [0.2, 0.25) is 0 Å². The van der Waals surface area contributed by atoms with Crippen molar-refractivity contribution in [2.45, 2.75) is 19.3 Å². The van der Waals surface area contributed by atoms with Gasteiger partial charge in [0.1, 0.15) is 0 Å². The van der Waals surface area contributed by atoms with Crippen molar-refractivity contribution in [1.82, 2.24) is 9.97 Å². The van der Waals surface area contributed by atoms with Gasteiger partial charge in [0.25, 0.3) is 0 Å². The van der Waals surface area contributed by atoms with E-state index in [-0.39, 0.29) is 5.41 Å². The monoisotopic (exact) mass is 752 g/mol. The van der Waals surface area contributed by atoms with Crippen LogP contribution in [0.1, 0.15) is 25.0 Å². The largest absolute Gasteiger partial charge is 0.228 e. The number of hydrogen-bond acceptors (Lipinski definition) is 2. The maximum Gasteiger partial charge on any atom is 0.160 e. The summed E-state index contributed by atoms with van der Waals surface area (Å²) < 4.78 is 0. The van der Waals surface area contributed by atoms with Gasteiger partial charge in [-0.15, -0.1) is 0 Å². The van der Waals surface area contributed by atoms with Crippen LogP contribution < -0.4 is 0 Å². The van der Waals surface area contributed by atoms with Crippen LogP contribution in [-0.2, 0) is 5.41 Å². The van der Waals surface area contributed by atoms with Crippen molar-refractivity contribution < 1.29 is 0 Å². The van der Waals surface area contributed by atoms with Gasteiger partial charge < -0.3 is 0 Å². The lowest BCUT2D eigenvalue weighted by atomic mass is 9.81. The fraction of sp³-hybridized carbons (Fsp3) is 0.0526. The standard InChI is InChI=1S/C57H40N2/c1-57(2)52-35-45(29-30-49(52)51-33-43-17-9-10-18-44(43)34-53(51)57)46-31-32-50(48-20-12-11-19-47(46)48)55-36-54(41-25-21-39(22-26-41)37-13-5-3-6-14-37)58-56(59-55)42-27-23-40(24-28-42)38-15-7-4-8-16-38/h3-36H,1-2H3. The molecule has 0 bridgehead atoms. The highest BCUT2D eigenvalue weighted by molar-refractivity contribution is 6.05. The minimum absolute atomic E-state index is 0.118. The highest BCUT2D eigenvalue weighted by Crippen LogP contribution is 2.51. The second-order valence-corrected chi connectivity index (χ2v) is 16.2. The van der Waals surface area contributed by atoms with Gasteiger partial charge in [0.05, 0.1) is 11.4 Å². The van der Waals surface area contributed by atoms with Crippen molar-refractivity contribution in [3.8, 4) is 78.4 Å². The quantitative estimate of drug-likeness (QED) is 0.169. The third-order valence-electron chi connectivity index (χ3n) is 12.3. The SMILES string of the molecule is CC1(C)c2cc(-c3ccc(-c4cc(-c5ccc(-c6ccccc6)cc5)nc(-c5ccc(-c6ccccc6)cc5)n4)c4ccccc34)ccc2-c2cc3ccccc3cc21. The van der Waals surface area contributed by atoms with Gasteiger partial charge in [-0.05, 0) is 101 Å². The van der Waals surface area contributed by atoms with Crippen molar-refractivity contribution in [2.24, 2.45) is 0 Å². The van der Waals surface area contributed by atoms with Gasteiger partial charge in [-0.2, -0.15) is 0 Å². The Morgan fingerprint density at radius 1 is 0.305 bits per heavy atom. The van der Waals surface area contributed by atoms with E-state index in [1.165, 1.54) is 66.2 Å². The van der Waals surface area contributed by atoms with E-state index in [9.17, 15) is 0 Å². The Bertz CT molecular complexity index is 3100. The molecule has 0 unspecified atom stereocenters. The summed E-state index contributed by atoms with van der Waals surface area (Å²) in [5, 5.41) is 4.93. The first-order valence-corrected chi connectivity index (χ1v) is 20.4. The molecule has 0 radical (unpaired) electrons. The first kappa shape index (κ1) is 34.8. The third kappa shape index (κ3) is 6.04. The predicted octanol–water partition coefficient (Wildman–Crippen LogP) is 15.1. The number of aromatic nitrogens is 2. The molecule has 1 aliphatic carbocycles. The zero-order chi connectivity index (χ0) is 39.5. The van der Waals surface area contributed by atoms with Crippen molar-refractivity contribution in [2.75, 3.05) is 0 Å². The van der Waals surface area contributed by atoms with Crippen LogP contribution in [0.15, 0.2) is 206 Å². The number of benzene rings is 9. The molecule has 0 atom stereocenters. The molecular weight excluding hydrogens is 713 g/mol. The Labute approximate surface area is 345 Å². The Morgan fingerprint density at radius 3 is 1.42 bits per heavy atom. The summed E-state index contributed by atoms with van der Waals surface area (Å²) in [6.45, 7) is 4.73. The molecule has 278 valence electrons. The summed E-state index contributed by atoms with van der Waals surface area (Å²) >= 11 is 0. The molecule has 1 heterocycles. The molecule has 0 aliphatic heterocycles.